The first-order valence-corrected chi connectivity index (χ1v) is 13.3. The number of nitrogens with two attached hydrogens (primary N) is 1. The van der Waals surface area contributed by atoms with Gasteiger partial charge in [0, 0.05) is 41.7 Å². The molecule has 10 nitrogen and oxygen atoms in total. The smallest absolute Gasteiger partial charge is 0.235 e. The number of aliphatic hydroxyl groups is 1. The Balaban J connectivity index is 1.61. The normalized spacial score (nSPS) is 33.2. The second-order valence-electron chi connectivity index (χ2n) is 12.2. The van der Waals surface area contributed by atoms with Gasteiger partial charge in [0.15, 0.2) is 34.7 Å². The Morgan fingerprint density at radius 2 is 1.69 bits per heavy atom. The Bertz CT molecular complexity index is 1340. The number of phenols is 1. The molecular formula is C28H34FN3O7. The summed E-state index contributed by atoms with van der Waals surface area (Å²) < 4.78 is 16.0. The zero-order valence-electron chi connectivity index (χ0n) is 22.7. The molecule has 4 aliphatic rings. The molecular weight excluding hydrogens is 509 g/mol. The molecule has 5 rings (SSSR count). The summed E-state index contributed by atoms with van der Waals surface area (Å²) >= 11 is 0. The number of benzene rings is 1. The summed E-state index contributed by atoms with van der Waals surface area (Å²) in [5.74, 6) is -11.8. The molecule has 2 saturated carbocycles. The maximum atomic E-state index is 16.0. The Labute approximate surface area is 225 Å². The van der Waals surface area contributed by atoms with Crippen molar-refractivity contribution in [3.8, 4) is 5.75 Å². The number of halogens is 1. The number of hydrogen-bond acceptors (Lipinski definition) is 9. The van der Waals surface area contributed by atoms with E-state index in [1.54, 1.807) is 0 Å². The van der Waals surface area contributed by atoms with Gasteiger partial charge in [-0.05, 0) is 45.7 Å². The molecule has 39 heavy (non-hydrogen) atoms. The molecule has 0 radical (unpaired) electrons. The van der Waals surface area contributed by atoms with Gasteiger partial charge in [0.25, 0.3) is 0 Å². The molecule has 0 bridgehead atoms. The molecule has 0 spiro atoms. The van der Waals surface area contributed by atoms with E-state index in [1.165, 1.54) is 19.0 Å². The van der Waals surface area contributed by atoms with E-state index in [0.717, 1.165) is 0 Å². The molecule has 0 saturated heterocycles. The highest BCUT2D eigenvalue weighted by Gasteiger charge is 2.69. The summed E-state index contributed by atoms with van der Waals surface area (Å²) in [7, 11) is 3.03. The van der Waals surface area contributed by atoms with Gasteiger partial charge in [0.1, 0.15) is 11.6 Å². The third kappa shape index (κ3) is 3.59. The number of nitrogens with zero attached hydrogens (tertiary/aromatic N) is 2. The van der Waals surface area contributed by atoms with Gasteiger partial charge in [-0.15, -0.1) is 0 Å². The molecule has 3 aliphatic carbocycles. The number of Topliss-reactive ketones (excluding diaryl/α,β-unsaturated/α-hetero) is 4. The number of carbonyl (C=O) groups is 5. The maximum absolute atomic E-state index is 16.0. The lowest BCUT2D eigenvalue weighted by molar-refractivity contribution is -0.181. The number of ketones is 4. The molecule has 1 aromatic rings. The predicted molar refractivity (Wildman–Crippen MR) is 135 cm³/mol. The zero-order chi connectivity index (χ0) is 28.9. The molecule has 1 aliphatic heterocycles. The molecule has 2 unspecified atom stereocenters. The second-order valence-corrected chi connectivity index (χ2v) is 12.2. The van der Waals surface area contributed by atoms with Crippen molar-refractivity contribution < 1.29 is 38.6 Å². The van der Waals surface area contributed by atoms with Crippen LogP contribution < -0.4 is 5.73 Å². The lowest BCUT2D eigenvalue weighted by atomic mass is 9.52. The zero-order valence-corrected chi connectivity index (χ0v) is 22.7. The fraction of sp³-hybridized carbons (Fsp3) is 0.607. The summed E-state index contributed by atoms with van der Waals surface area (Å²) in [6.45, 7) is 6.58. The Hall–Kier alpha value is -3.02. The summed E-state index contributed by atoms with van der Waals surface area (Å²) in [5, 5.41) is 22.8. The summed E-state index contributed by atoms with van der Waals surface area (Å²) in [6, 6.07) is -1.12. The van der Waals surface area contributed by atoms with Crippen molar-refractivity contribution in [3.05, 3.63) is 28.1 Å². The molecule has 7 atom stereocenters. The predicted octanol–water partition coefficient (Wildman–Crippen LogP) is 0.366. The Kier molecular flexibility index (Phi) is 6.36. The molecule has 2 fully saturated rings. The van der Waals surface area contributed by atoms with Crippen molar-refractivity contribution in [2.45, 2.75) is 64.4 Å². The SMILES string of the molecule is CC(C)[C@H](C)N1Cc2c(O)c3c(c(F)c2C1)C[C@H]1C[C@H]2[C@H](N(C)C)C(=O)C(C(N)=O)C(=O)[C@@]2(O)C(=O)C1C3=O. The third-order valence-electron chi connectivity index (χ3n) is 9.64. The van der Waals surface area contributed by atoms with Gasteiger partial charge in [-0.2, -0.15) is 0 Å². The van der Waals surface area contributed by atoms with E-state index in [2.05, 4.69) is 0 Å². The van der Waals surface area contributed by atoms with Gasteiger partial charge < -0.3 is 15.9 Å². The number of fused-ring (bicyclic) bond motifs is 4. The van der Waals surface area contributed by atoms with Crippen molar-refractivity contribution >= 4 is 29.0 Å². The number of primary amides is 1. The van der Waals surface area contributed by atoms with Crippen molar-refractivity contribution in [1.29, 1.82) is 0 Å². The van der Waals surface area contributed by atoms with Crippen molar-refractivity contribution in [2.75, 3.05) is 14.1 Å². The fourth-order valence-corrected chi connectivity index (χ4v) is 7.31. The summed E-state index contributed by atoms with van der Waals surface area (Å²) in [4.78, 5) is 69.7. The minimum Gasteiger partial charge on any atom is -0.507 e. The van der Waals surface area contributed by atoms with E-state index in [9.17, 15) is 34.2 Å². The third-order valence-corrected chi connectivity index (χ3v) is 9.64. The van der Waals surface area contributed by atoms with Crippen LogP contribution in [0.25, 0.3) is 0 Å². The monoisotopic (exact) mass is 543 g/mol. The van der Waals surface area contributed by atoms with Crippen LogP contribution in [0.1, 0.15) is 54.2 Å². The van der Waals surface area contributed by atoms with Crippen LogP contribution in [0.3, 0.4) is 0 Å². The Morgan fingerprint density at radius 1 is 1.08 bits per heavy atom. The van der Waals surface area contributed by atoms with Gasteiger partial charge in [-0.25, -0.2) is 4.39 Å². The topological polar surface area (TPSA) is 158 Å². The fourth-order valence-electron chi connectivity index (χ4n) is 7.31. The van der Waals surface area contributed by atoms with Gasteiger partial charge in [0.05, 0.1) is 17.5 Å². The van der Waals surface area contributed by atoms with Crippen molar-refractivity contribution in [3.63, 3.8) is 0 Å². The van der Waals surface area contributed by atoms with Crippen LogP contribution in [0.15, 0.2) is 0 Å². The minimum atomic E-state index is -2.80. The molecule has 1 heterocycles. The summed E-state index contributed by atoms with van der Waals surface area (Å²) in [6.07, 6.45) is -0.198. The number of likely N-dealkylation sites (N-methyl/N-ethyl adjacent to an activating group) is 1. The van der Waals surface area contributed by atoms with Gasteiger partial charge in [0.2, 0.25) is 5.91 Å². The molecule has 210 valence electrons. The average Bonchev–Trinajstić information content (AvgIpc) is 3.29. The number of rotatable bonds is 4. The van der Waals surface area contributed by atoms with Crippen molar-refractivity contribution in [2.24, 2.45) is 35.3 Å². The number of hydrogen-bond donors (Lipinski definition) is 3. The lowest BCUT2D eigenvalue weighted by Crippen LogP contribution is -2.74. The maximum Gasteiger partial charge on any atom is 0.235 e. The lowest BCUT2D eigenvalue weighted by Gasteiger charge is -2.52. The van der Waals surface area contributed by atoms with E-state index in [4.69, 9.17) is 5.73 Å². The van der Waals surface area contributed by atoms with E-state index in [1.807, 2.05) is 25.7 Å². The summed E-state index contributed by atoms with van der Waals surface area (Å²) in [5.41, 5.74) is 2.87. The van der Waals surface area contributed by atoms with E-state index >= 15 is 4.39 Å². The molecule has 1 amide bonds. The van der Waals surface area contributed by atoms with Crippen LogP contribution in [0.5, 0.6) is 5.75 Å². The van der Waals surface area contributed by atoms with Crippen LogP contribution in [-0.2, 0) is 38.7 Å². The minimum absolute atomic E-state index is 0.0136. The quantitative estimate of drug-likeness (QED) is 0.456. The largest absolute Gasteiger partial charge is 0.507 e. The highest BCUT2D eigenvalue weighted by Crippen LogP contribution is 2.52. The standard InChI is InChI=1S/C28H34FN3O7/c1-10(2)11(3)32-8-14-15(9-32)22(33)18-13(20(14)29)6-12-7-16-21(31(4)5)24(35)19(27(30)38)26(37)28(16,39)25(36)17(12)23(18)34/h10-12,16-17,19,21,33,39H,6-9H2,1-5H3,(H2,30,38)/t11-,12-,16-,17?,19?,21-,28-/m0/s1. The van der Waals surface area contributed by atoms with Crippen LogP contribution >= 0.6 is 0 Å². The highest BCUT2D eigenvalue weighted by molar-refractivity contribution is 6.32. The molecule has 1 aromatic carbocycles. The van der Waals surface area contributed by atoms with Gasteiger partial charge >= 0.3 is 0 Å². The van der Waals surface area contributed by atoms with Crippen LogP contribution in [0.2, 0.25) is 0 Å². The first-order chi connectivity index (χ1) is 18.1. The Morgan fingerprint density at radius 3 is 2.26 bits per heavy atom. The van der Waals surface area contributed by atoms with E-state index in [0.29, 0.717) is 11.1 Å². The number of aromatic hydroxyl groups is 1. The number of amides is 1. The highest BCUT2D eigenvalue weighted by atomic mass is 19.1. The van der Waals surface area contributed by atoms with Crippen LogP contribution in [0, 0.1) is 35.4 Å². The van der Waals surface area contributed by atoms with Crippen LogP contribution in [-0.4, -0.2) is 80.8 Å². The van der Waals surface area contributed by atoms with Gasteiger partial charge in [-0.3, -0.25) is 33.8 Å². The second kappa shape index (κ2) is 9.00. The van der Waals surface area contributed by atoms with E-state index in [-0.39, 0.29) is 54.8 Å². The molecule has 0 aromatic heterocycles. The molecule has 4 N–H and O–H groups in total. The average molecular weight is 544 g/mol. The first-order valence-electron chi connectivity index (χ1n) is 13.3. The number of carbonyl (C=O) groups excluding carboxylic acids is 5. The van der Waals surface area contributed by atoms with E-state index < -0.39 is 70.2 Å². The van der Waals surface area contributed by atoms with Gasteiger partial charge in [-0.1, -0.05) is 13.8 Å². The first kappa shape index (κ1) is 27.5. The van der Waals surface area contributed by atoms with Crippen molar-refractivity contribution in [1.82, 2.24) is 9.80 Å². The number of phenolic OH excluding ortho intramolecular Hbond substituents is 1. The molecule has 11 heteroatoms. The van der Waals surface area contributed by atoms with Crippen LogP contribution in [0.4, 0.5) is 4.39 Å².